The summed E-state index contributed by atoms with van der Waals surface area (Å²) in [6.45, 7) is 6.31. The van der Waals surface area contributed by atoms with Gasteiger partial charge < -0.3 is 11.1 Å². The largest absolute Gasteiger partial charge is 0.365 e. The SMILES string of the molecule is CC.N#CCC1(n2cc(C(N)=O)c(Nc3ccnc(F)c3)n2)CCN(Cc2cccnc2)CC1. The monoisotopic (exact) mass is 464 g/mol. The van der Waals surface area contributed by atoms with Crippen molar-refractivity contribution in [3.05, 3.63) is 66.1 Å². The Balaban J connectivity index is 0.00000158. The predicted molar refractivity (Wildman–Crippen MR) is 127 cm³/mol. The number of nitriles is 1. The van der Waals surface area contributed by atoms with Gasteiger partial charge in [-0.05, 0) is 30.5 Å². The number of rotatable bonds is 7. The summed E-state index contributed by atoms with van der Waals surface area (Å²) in [6.07, 6.45) is 8.11. The van der Waals surface area contributed by atoms with Crippen LogP contribution in [-0.4, -0.2) is 43.6 Å². The number of likely N-dealkylation sites (tertiary alicyclic amines) is 1. The molecule has 9 nitrogen and oxygen atoms in total. The molecule has 0 aliphatic carbocycles. The second-order valence-corrected chi connectivity index (χ2v) is 7.89. The van der Waals surface area contributed by atoms with Gasteiger partial charge in [0.05, 0.1) is 18.0 Å². The first kappa shape index (κ1) is 24.8. The molecule has 0 unspecified atom stereocenters. The maximum atomic E-state index is 13.5. The van der Waals surface area contributed by atoms with Crippen LogP contribution in [0.5, 0.6) is 0 Å². The Morgan fingerprint density at radius 3 is 2.68 bits per heavy atom. The quantitative estimate of drug-likeness (QED) is 0.512. The molecule has 0 atom stereocenters. The molecule has 1 fully saturated rings. The van der Waals surface area contributed by atoms with Gasteiger partial charge in [-0.25, -0.2) is 4.98 Å². The second-order valence-electron chi connectivity index (χ2n) is 7.89. The summed E-state index contributed by atoms with van der Waals surface area (Å²) in [7, 11) is 0. The maximum absolute atomic E-state index is 13.5. The third-order valence-corrected chi connectivity index (χ3v) is 5.78. The molecule has 1 aliphatic heterocycles. The summed E-state index contributed by atoms with van der Waals surface area (Å²) >= 11 is 0. The molecular formula is C24H29FN8O. The number of halogens is 1. The number of pyridine rings is 2. The molecule has 3 aromatic rings. The average molecular weight is 465 g/mol. The van der Waals surface area contributed by atoms with Gasteiger partial charge in [-0.2, -0.15) is 14.8 Å². The van der Waals surface area contributed by atoms with Crippen LogP contribution in [0.2, 0.25) is 0 Å². The topological polar surface area (TPSA) is 126 Å². The third-order valence-electron chi connectivity index (χ3n) is 5.78. The van der Waals surface area contributed by atoms with Crippen LogP contribution in [0.4, 0.5) is 15.9 Å². The van der Waals surface area contributed by atoms with Gasteiger partial charge in [0, 0.05) is 56.2 Å². The first-order chi connectivity index (χ1) is 16.5. The highest BCUT2D eigenvalue weighted by Gasteiger charge is 2.38. The van der Waals surface area contributed by atoms with Crippen molar-refractivity contribution in [2.45, 2.75) is 45.2 Å². The average Bonchev–Trinajstić information content (AvgIpc) is 3.27. The number of anilines is 2. The molecule has 3 aromatic heterocycles. The highest BCUT2D eigenvalue weighted by atomic mass is 19.1. The molecule has 4 heterocycles. The van der Waals surface area contributed by atoms with Crippen LogP contribution in [0.3, 0.4) is 0 Å². The number of carbonyl (C=O) groups is 1. The number of hydrogen-bond donors (Lipinski definition) is 2. The molecule has 178 valence electrons. The van der Waals surface area contributed by atoms with Crippen LogP contribution >= 0.6 is 0 Å². The molecule has 1 aliphatic rings. The fourth-order valence-electron chi connectivity index (χ4n) is 4.02. The summed E-state index contributed by atoms with van der Waals surface area (Å²) in [5, 5.41) is 17.0. The normalized spacial score (nSPS) is 15.0. The lowest BCUT2D eigenvalue weighted by Gasteiger charge is -2.40. The predicted octanol–water partition coefficient (Wildman–Crippen LogP) is 3.59. The molecule has 1 saturated heterocycles. The summed E-state index contributed by atoms with van der Waals surface area (Å²) in [5.74, 6) is -1.09. The second kappa shape index (κ2) is 11.3. The zero-order valence-corrected chi connectivity index (χ0v) is 19.4. The van der Waals surface area contributed by atoms with Gasteiger partial charge in [0.1, 0.15) is 5.56 Å². The van der Waals surface area contributed by atoms with E-state index < -0.39 is 17.4 Å². The number of nitrogens with zero attached hydrogens (tertiary/aromatic N) is 6. The number of nitrogens with one attached hydrogen (secondary N) is 1. The van der Waals surface area contributed by atoms with E-state index in [4.69, 9.17) is 5.73 Å². The van der Waals surface area contributed by atoms with E-state index in [0.29, 0.717) is 18.5 Å². The Morgan fingerprint density at radius 2 is 2.06 bits per heavy atom. The molecule has 0 bridgehead atoms. The highest BCUT2D eigenvalue weighted by molar-refractivity contribution is 5.98. The van der Waals surface area contributed by atoms with E-state index in [-0.39, 0.29) is 17.8 Å². The van der Waals surface area contributed by atoms with Crippen molar-refractivity contribution < 1.29 is 9.18 Å². The first-order valence-electron chi connectivity index (χ1n) is 11.3. The van der Waals surface area contributed by atoms with E-state index in [0.717, 1.165) is 25.2 Å². The lowest BCUT2D eigenvalue weighted by atomic mass is 9.85. The molecule has 34 heavy (non-hydrogen) atoms. The number of aromatic nitrogens is 4. The van der Waals surface area contributed by atoms with Gasteiger partial charge in [0.15, 0.2) is 5.82 Å². The lowest BCUT2D eigenvalue weighted by molar-refractivity contribution is 0.0967. The summed E-state index contributed by atoms with van der Waals surface area (Å²) in [5.41, 5.74) is 6.71. The number of piperidine rings is 1. The minimum absolute atomic E-state index is 0.178. The Morgan fingerprint density at radius 1 is 1.29 bits per heavy atom. The van der Waals surface area contributed by atoms with Crippen molar-refractivity contribution in [3.63, 3.8) is 0 Å². The maximum Gasteiger partial charge on any atom is 0.254 e. The Kier molecular flexibility index (Phi) is 8.27. The summed E-state index contributed by atoms with van der Waals surface area (Å²) in [6, 6.07) is 8.99. The zero-order chi connectivity index (χ0) is 24.6. The van der Waals surface area contributed by atoms with E-state index in [2.05, 4.69) is 31.4 Å². The van der Waals surface area contributed by atoms with Crippen LogP contribution in [0.1, 0.15) is 49.0 Å². The van der Waals surface area contributed by atoms with Gasteiger partial charge >= 0.3 is 0 Å². The fourth-order valence-corrected chi connectivity index (χ4v) is 4.02. The van der Waals surface area contributed by atoms with E-state index >= 15 is 0 Å². The van der Waals surface area contributed by atoms with Crippen LogP contribution in [0.25, 0.3) is 0 Å². The fraction of sp³-hybridized carbons (Fsp3) is 0.375. The molecule has 0 spiro atoms. The molecule has 10 heteroatoms. The summed E-state index contributed by atoms with van der Waals surface area (Å²) in [4.78, 5) is 22.0. The van der Waals surface area contributed by atoms with E-state index in [1.54, 1.807) is 23.1 Å². The zero-order valence-electron chi connectivity index (χ0n) is 19.4. The lowest BCUT2D eigenvalue weighted by Crippen LogP contribution is -2.46. The number of carbonyl (C=O) groups excluding carboxylic acids is 1. The molecule has 0 radical (unpaired) electrons. The third kappa shape index (κ3) is 5.74. The minimum atomic E-state index is -0.658. The van der Waals surface area contributed by atoms with Crippen molar-refractivity contribution >= 4 is 17.4 Å². The van der Waals surface area contributed by atoms with Crippen LogP contribution < -0.4 is 11.1 Å². The molecule has 1 amide bonds. The van der Waals surface area contributed by atoms with Crippen LogP contribution in [0.15, 0.2) is 49.1 Å². The van der Waals surface area contributed by atoms with Crippen LogP contribution in [0, 0.1) is 17.3 Å². The van der Waals surface area contributed by atoms with Crippen LogP contribution in [-0.2, 0) is 12.1 Å². The highest BCUT2D eigenvalue weighted by Crippen LogP contribution is 2.35. The van der Waals surface area contributed by atoms with Crippen molar-refractivity contribution in [2.75, 3.05) is 18.4 Å². The smallest absolute Gasteiger partial charge is 0.254 e. The number of primary amides is 1. The molecule has 0 aromatic carbocycles. The molecule has 3 N–H and O–H groups in total. The number of amides is 1. The Bertz CT molecular complexity index is 1130. The van der Waals surface area contributed by atoms with E-state index in [1.165, 1.54) is 12.3 Å². The molecular weight excluding hydrogens is 435 g/mol. The first-order valence-corrected chi connectivity index (χ1v) is 11.3. The van der Waals surface area contributed by atoms with Gasteiger partial charge in [-0.15, -0.1) is 0 Å². The van der Waals surface area contributed by atoms with Crippen molar-refractivity contribution in [1.29, 1.82) is 5.26 Å². The van der Waals surface area contributed by atoms with Crippen molar-refractivity contribution in [1.82, 2.24) is 24.6 Å². The number of nitrogens with two attached hydrogens (primary N) is 1. The van der Waals surface area contributed by atoms with Crippen molar-refractivity contribution in [2.24, 2.45) is 5.73 Å². The van der Waals surface area contributed by atoms with Gasteiger partial charge in [-0.1, -0.05) is 19.9 Å². The van der Waals surface area contributed by atoms with Gasteiger partial charge in [-0.3, -0.25) is 19.4 Å². The standard InChI is InChI=1S/C22H23FN8O.C2H6/c23-19-12-17(3-9-27-19)28-21-18(20(25)32)15-31(29-21)22(4-7-24)5-10-30(11-6-22)14-16-2-1-8-26-13-16;1-2/h1-3,8-9,12-13,15H,4-6,10-11,14H2,(H2,25,32)(H,27,28,29);1-2H3. The number of hydrogen-bond acceptors (Lipinski definition) is 7. The Labute approximate surface area is 198 Å². The minimum Gasteiger partial charge on any atom is -0.365 e. The molecule has 0 saturated carbocycles. The Hall–Kier alpha value is -3.84. The van der Waals surface area contributed by atoms with Gasteiger partial charge in [0.2, 0.25) is 5.95 Å². The molecule has 4 rings (SSSR count). The summed E-state index contributed by atoms with van der Waals surface area (Å²) < 4.78 is 15.1. The van der Waals surface area contributed by atoms with Crippen molar-refractivity contribution in [3.8, 4) is 6.07 Å². The van der Waals surface area contributed by atoms with E-state index in [1.807, 2.05) is 32.2 Å². The van der Waals surface area contributed by atoms with E-state index in [9.17, 15) is 14.4 Å². The van der Waals surface area contributed by atoms with Gasteiger partial charge in [0.25, 0.3) is 5.91 Å².